The van der Waals surface area contributed by atoms with Crippen molar-refractivity contribution in [3.63, 3.8) is 0 Å². The molecule has 100 valence electrons. The Labute approximate surface area is 109 Å². The second-order valence-electron chi connectivity index (χ2n) is 5.25. The van der Waals surface area contributed by atoms with Gasteiger partial charge in [-0.15, -0.1) is 0 Å². The van der Waals surface area contributed by atoms with Gasteiger partial charge in [-0.3, -0.25) is 9.59 Å². The Balaban J connectivity index is 2.17. The molecule has 0 bridgehead atoms. The molecule has 0 spiro atoms. The van der Waals surface area contributed by atoms with Crippen molar-refractivity contribution in [2.75, 3.05) is 4.90 Å². The molecule has 1 heterocycles. The molecule has 0 saturated heterocycles. The summed E-state index contributed by atoms with van der Waals surface area (Å²) in [6.07, 6.45) is 1.79. The van der Waals surface area contributed by atoms with Crippen LogP contribution >= 0.6 is 0 Å². The molecule has 1 aliphatic carbocycles. The van der Waals surface area contributed by atoms with Gasteiger partial charge in [0, 0.05) is 6.04 Å². The number of anilines is 1. The molecule has 1 aliphatic heterocycles. The number of nitrogens with zero attached hydrogens (tertiary/aromatic N) is 1. The van der Waals surface area contributed by atoms with Gasteiger partial charge in [0.1, 0.15) is 5.82 Å². The highest BCUT2D eigenvalue weighted by atomic mass is 19.1. The third-order valence-electron chi connectivity index (χ3n) is 3.89. The molecule has 4 nitrogen and oxygen atoms in total. The Morgan fingerprint density at radius 2 is 2.11 bits per heavy atom. The van der Waals surface area contributed by atoms with E-state index in [1.165, 1.54) is 18.2 Å². The molecule has 1 N–H and O–H groups in total. The molecule has 1 fully saturated rings. The highest BCUT2D eigenvalue weighted by Gasteiger charge is 2.46. The van der Waals surface area contributed by atoms with Gasteiger partial charge in [-0.25, -0.2) is 4.39 Å². The summed E-state index contributed by atoms with van der Waals surface area (Å²) in [7, 11) is 0. The van der Waals surface area contributed by atoms with Crippen LogP contribution in [0.25, 0.3) is 0 Å². The molecule has 1 amide bonds. The predicted octanol–water partition coefficient (Wildman–Crippen LogP) is 2.14. The van der Waals surface area contributed by atoms with Crippen molar-refractivity contribution in [3.8, 4) is 0 Å². The van der Waals surface area contributed by atoms with Crippen LogP contribution in [0.2, 0.25) is 0 Å². The lowest BCUT2D eigenvalue weighted by Gasteiger charge is -2.36. The summed E-state index contributed by atoms with van der Waals surface area (Å²) in [5.74, 6) is -3.21. The number of rotatable bonds is 2. The van der Waals surface area contributed by atoms with Crippen LogP contribution in [0.1, 0.15) is 31.2 Å². The smallest absolute Gasteiger partial charge is 0.311 e. The fourth-order valence-electron chi connectivity index (χ4n) is 2.79. The number of carboxylic acid groups (broad SMARTS) is 1. The second kappa shape index (κ2) is 4.05. The number of carbonyl (C=O) groups is 2. The molecule has 2 unspecified atom stereocenters. The van der Waals surface area contributed by atoms with E-state index in [0.717, 1.165) is 12.8 Å². The topological polar surface area (TPSA) is 57.6 Å². The van der Waals surface area contributed by atoms with Gasteiger partial charge in [-0.2, -0.15) is 0 Å². The molecule has 0 radical (unpaired) electrons. The van der Waals surface area contributed by atoms with Crippen LogP contribution in [0.4, 0.5) is 10.1 Å². The maximum absolute atomic E-state index is 13.4. The average molecular weight is 263 g/mol. The van der Waals surface area contributed by atoms with Gasteiger partial charge in [-0.1, -0.05) is 13.0 Å². The van der Waals surface area contributed by atoms with Crippen molar-refractivity contribution < 1.29 is 19.1 Å². The fraction of sp³-hybridized carbons (Fsp3) is 0.429. The minimum Gasteiger partial charge on any atom is -0.481 e. The highest BCUT2D eigenvalue weighted by Crippen LogP contribution is 2.44. The zero-order valence-corrected chi connectivity index (χ0v) is 10.5. The Kier molecular flexibility index (Phi) is 2.59. The van der Waals surface area contributed by atoms with Gasteiger partial charge in [-0.05, 0) is 30.5 Å². The van der Waals surface area contributed by atoms with Crippen LogP contribution in [0.5, 0.6) is 0 Å². The van der Waals surface area contributed by atoms with Crippen LogP contribution < -0.4 is 4.90 Å². The number of hydrogen-bond acceptors (Lipinski definition) is 2. The van der Waals surface area contributed by atoms with E-state index < -0.39 is 23.6 Å². The Bertz CT molecular complexity index is 568. The SMILES string of the molecule is CC1C(=O)N(C2CC2)c2cc(F)ccc2C1C(=O)O. The number of halogens is 1. The van der Waals surface area contributed by atoms with Gasteiger partial charge in [0.05, 0.1) is 17.5 Å². The molecular formula is C14H14FNO3. The van der Waals surface area contributed by atoms with Crippen molar-refractivity contribution in [3.05, 3.63) is 29.6 Å². The summed E-state index contributed by atoms with van der Waals surface area (Å²) in [6.45, 7) is 1.63. The largest absolute Gasteiger partial charge is 0.481 e. The molecule has 1 aromatic rings. The summed E-state index contributed by atoms with van der Waals surface area (Å²) in [6, 6.07) is 4.11. The molecule has 0 aromatic heterocycles. The first kappa shape index (κ1) is 12.1. The zero-order valence-electron chi connectivity index (χ0n) is 10.5. The third-order valence-corrected chi connectivity index (χ3v) is 3.89. The van der Waals surface area contributed by atoms with Crippen molar-refractivity contribution in [1.82, 2.24) is 0 Å². The molecule has 19 heavy (non-hydrogen) atoms. The second-order valence-corrected chi connectivity index (χ2v) is 5.25. The molecule has 2 aliphatic rings. The number of carbonyl (C=O) groups excluding carboxylic acids is 1. The van der Waals surface area contributed by atoms with Crippen molar-refractivity contribution in [1.29, 1.82) is 0 Å². The van der Waals surface area contributed by atoms with Gasteiger partial charge in [0.2, 0.25) is 5.91 Å². The summed E-state index contributed by atoms with van der Waals surface area (Å²) < 4.78 is 13.4. The van der Waals surface area contributed by atoms with E-state index in [0.29, 0.717) is 11.3 Å². The van der Waals surface area contributed by atoms with Crippen LogP contribution in [0.15, 0.2) is 18.2 Å². The van der Waals surface area contributed by atoms with E-state index in [1.54, 1.807) is 11.8 Å². The van der Waals surface area contributed by atoms with E-state index in [2.05, 4.69) is 0 Å². The average Bonchev–Trinajstić information content (AvgIpc) is 3.15. The predicted molar refractivity (Wildman–Crippen MR) is 66.4 cm³/mol. The minimum absolute atomic E-state index is 0.102. The number of amides is 1. The van der Waals surface area contributed by atoms with Gasteiger partial charge < -0.3 is 10.0 Å². The number of hydrogen-bond donors (Lipinski definition) is 1. The van der Waals surface area contributed by atoms with Crippen molar-refractivity contribution in [2.45, 2.75) is 31.7 Å². The Hall–Kier alpha value is -1.91. The summed E-state index contributed by atoms with van der Waals surface area (Å²) in [5, 5.41) is 9.32. The first-order valence-corrected chi connectivity index (χ1v) is 6.36. The van der Waals surface area contributed by atoms with Gasteiger partial charge >= 0.3 is 5.97 Å². The molecule has 5 heteroatoms. The van der Waals surface area contributed by atoms with Crippen LogP contribution in [0.3, 0.4) is 0 Å². The standard InChI is InChI=1S/C14H14FNO3/c1-7-12(14(18)19)10-5-2-8(15)6-11(10)16(13(7)17)9-3-4-9/h2,5-7,9,12H,3-4H2,1H3,(H,18,19). The van der Waals surface area contributed by atoms with E-state index >= 15 is 0 Å². The quantitative estimate of drug-likeness (QED) is 0.889. The van der Waals surface area contributed by atoms with E-state index in [9.17, 15) is 19.1 Å². The highest BCUT2D eigenvalue weighted by molar-refractivity contribution is 6.03. The van der Waals surface area contributed by atoms with Gasteiger partial charge in [0.25, 0.3) is 0 Å². The zero-order chi connectivity index (χ0) is 13.7. The van der Waals surface area contributed by atoms with Crippen molar-refractivity contribution in [2.24, 2.45) is 5.92 Å². The van der Waals surface area contributed by atoms with Crippen LogP contribution in [-0.2, 0) is 9.59 Å². The lowest BCUT2D eigenvalue weighted by Crippen LogP contribution is -2.45. The minimum atomic E-state index is -1.04. The summed E-state index contributed by atoms with van der Waals surface area (Å²) in [5.41, 5.74) is 0.964. The number of carboxylic acids is 1. The Morgan fingerprint density at radius 3 is 2.68 bits per heavy atom. The first-order chi connectivity index (χ1) is 9.00. The Morgan fingerprint density at radius 1 is 1.42 bits per heavy atom. The molecular weight excluding hydrogens is 249 g/mol. The fourth-order valence-corrected chi connectivity index (χ4v) is 2.79. The van der Waals surface area contributed by atoms with E-state index in [4.69, 9.17) is 0 Å². The molecule has 1 aromatic carbocycles. The monoisotopic (exact) mass is 263 g/mol. The lowest BCUT2D eigenvalue weighted by molar-refractivity contribution is -0.143. The number of aliphatic carboxylic acids is 1. The molecule has 2 atom stereocenters. The van der Waals surface area contributed by atoms with E-state index in [-0.39, 0.29) is 11.9 Å². The first-order valence-electron chi connectivity index (χ1n) is 6.36. The van der Waals surface area contributed by atoms with Gasteiger partial charge in [0.15, 0.2) is 0 Å². The lowest BCUT2D eigenvalue weighted by atomic mass is 9.81. The number of fused-ring (bicyclic) bond motifs is 1. The van der Waals surface area contributed by atoms with Crippen molar-refractivity contribution >= 4 is 17.6 Å². The molecule has 1 saturated carbocycles. The van der Waals surface area contributed by atoms with E-state index in [1.807, 2.05) is 0 Å². The summed E-state index contributed by atoms with van der Waals surface area (Å²) in [4.78, 5) is 25.3. The normalized spacial score (nSPS) is 26.2. The maximum atomic E-state index is 13.4. The van der Waals surface area contributed by atoms with Crippen LogP contribution in [0, 0.1) is 11.7 Å². The molecule has 3 rings (SSSR count). The summed E-state index contributed by atoms with van der Waals surface area (Å²) >= 11 is 0. The maximum Gasteiger partial charge on any atom is 0.311 e. The number of benzene rings is 1. The van der Waals surface area contributed by atoms with Crippen LogP contribution in [-0.4, -0.2) is 23.0 Å². The third kappa shape index (κ3) is 1.80.